The summed E-state index contributed by atoms with van der Waals surface area (Å²) in [6.07, 6.45) is 0. The molecule has 0 radical (unpaired) electrons. The number of nitrogens with zero attached hydrogens (tertiary/aromatic N) is 2. The van der Waals surface area contributed by atoms with Crippen LogP contribution in [-0.2, 0) is 6.54 Å². The maximum Gasteiger partial charge on any atom is 0.115 e. The molecular formula is C14H14N2O. The van der Waals surface area contributed by atoms with Crippen molar-refractivity contribution in [2.24, 2.45) is 10.2 Å². The summed E-state index contributed by atoms with van der Waals surface area (Å²) >= 11 is 0. The minimum absolute atomic E-state index is 0.268. The number of benzene rings is 2. The van der Waals surface area contributed by atoms with Crippen LogP contribution in [0.25, 0.3) is 0 Å². The van der Waals surface area contributed by atoms with Crippen molar-refractivity contribution in [3.63, 3.8) is 0 Å². The molecular weight excluding hydrogens is 212 g/mol. The molecule has 0 unspecified atom stereocenters. The number of rotatable bonds is 3. The lowest BCUT2D eigenvalue weighted by atomic mass is 10.2. The first-order valence-corrected chi connectivity index (χ1v) is 5.47. The van der Waals surface area contributed by atoms with Gasteiger partial charge in [-0.15, -0.1) is 0 Å². The molecule has 0 bridgehead atoms. The predicted octanol–water partition coefficient (Wildman–Crippen LogP) is 3.98. The first-order chi connectivity index (χ1) is 8.25. The molecule has 0 aliphatic carbocycles. The lowest BCUT2D eigenvalue weighted by molar-refractivity contribution is 0.475. The quantitative estimate of drug-likeness (QED) is 0.790. The molecule has 1 N–H and O–H groups in total. The van der Waals surface area contributed by atoms with E-state index in [1.165, 1.54) is 0 Å². The fraction of sp³-hybridized carbons (Fsp3) is 0.143. The van der Waals surface area contributed by atoms with Crippen molar-refractivity contribution < 1.29 is 5.11 Å². The molecule has 0 spiro atoms. The number of hydrogen-bond acceptors (Lipinski definition) is 3. The molecule has 2 rings (SSSR count). The van der Waals surface area contributed by atoms with E-state index in [0.717, 1.165) is 16.8 Å². The molecule has 0 saturated carbocycles. The Balaban J connectivity index is 2.03. The van der Waals surface area contributed by atoms with E-state index < -0.39 is 0 Å². The third kappa shape index (κ3) is 3.14. The molecule has 3 nitrogen and oxygen atoms in total. The zero-order valence-electron chi connectivity index (χ0n) is 9.67. The summed E-state index contributed by atoms with van der Waals surface area (Å²) in [6, 6.07) is 14.9. The second kappa shape index (κ2) is 5.25. The zero-order chi connectivity index (χ0) is 12.1. The van der Waals surface area contributed by atoms with Gasteiger partial charge in [0, 0.05) is 0 Å². The minimum Gasteiger partial charge on any atom is -0.508 e. The van der Waals surface area contributed by atoms with E-state index in [9.17, 15) is 0 Å². The Bertz CT molecular complexity index is 518. The summed E-state index contributed by atoms with van der Waals surface area (Å²) < 4.78 is 0. The zero-order valence-corrected chi connectivity index (χ0v) is 9.67. The van der Waals surface area contributed by atoms with Crippen molar-refractivity contribution >= 4 is 5.69 Å². The largest absolute Gasteiger partial charge is 0.508 e. The third-order valence-corrected chi connectivity index (χ3v) is 2.48. The highest BCUT2D eigenvalue weighted by Crippen LogP contribution is 2.18. The third-order valence-electron chi connectivity index (χ3n) is 2.48. The van der Waals surface area contributed by atoms with E-state index in [2.05, 4.69) is 10.2 Å². The van der Waals surface area contributed by atoms with Gasteiger partial charge in [0.1, 0.15) is 5.75 Å². The van der Waals surface area contributed by atoms with Gasteiger partial charge in [0.05, 0.1) is 12.2 Å². The van der Waals surface area contributed by atoms with E-state index in [4.69, 9.17) is 5.11 Å². The van der Waals surface area contributed by atoms with Crippen molar-refractivity contribution in [1.29, 1.82) is 0 Å². The van der Waals surface area contributed by atoms with Gasteiger partial charge in [0.25, 0.3) is 0 Å². The Morgan fingerprint density at radius 3 is 2.41 bits per heavy atom. The fourth-order valence-electron chi connectivity index (χ4n) is 1.47. The molecule has 0 heterocycles. The van der Waals surface area contributed by atoms with Gasteiger partial charge in [-0.1, -0.05) is 30.3 Å². The predicted molar refractivity (Wildman–Crippen MR) is 67.5 cm³/mol. The number of aryl methyl sites for hydroxylation is 1. The van der Waals surface area contributed by atoms with Crippen LogP contribution in [0.1, 0.15) is 11.1 Å². The molecule has 0 aliphatic rings. The van der Waals surface area contributed by atoms with Gasteiger partial charge in [-0.2, -0.15) is 10.2 Å². The van der Waals surface area contributed by atoms with Crippen LogP contribution in [0.2, 0.25) is 0 Å². The van der Waals surface area contributed by atoms with Crippen molar-refractivity contribution in [3.05, 3.63) is 59.7 Å². The highest BCUT2D eigenvalue weighted by atomic mass is 16.3. The smallest absolute Gasteiger partial charge is 0.115 e. The van der Waals surface area contributed by atoms with E-state index in [-0.39, 0.29) is 5.75 Å². The molecule has 2 aromatic carbocycles. The molecule has 2 aromatic rings. The van der Waals surface area contributed by atoms with Crippen LogP contribution in [0.15, 0.2) is 58.8 Å². The summed E-state index contributed by atoms with van der Waals surface area (Å²) in [5.41, 5.74) is 3.04. The normalized spacial score (nSPS) is 10.9. The van der Waals surface area contributed by atoms with Crippen molar-refractivity contribution in [3.8, 4) is 5.75 Å². The Morgan fingerprint density at radius 2 is 1.71 bits per heavy atom. The SMILES string of the molecule is Cc1ccccc1N=NCc1ccc(O)cc1. The maximum absolute atomic E-state index is 9.14. The van der Waals surface area contributed by atoms with Gasteiger partial charge < -0.3 is 5.11 Å². The molecule has 0 saturated heterocycles. The average molecular weight is 226 g/mol. The van der Waals surface area contributed by atoms with Crippen molar-refractivity contribution in [1.82, 2.24) is 0 Å². The van der Waals surface area contributed by atoms with Crippen LogP contribution in [0, 0.1) is 6.92 Å². The molecule has 0 amide bonds. The van der Waals surface area contributed by atoms with Crippen LogP contribution in [0.5, 0.6) is 5.75 Å². The maximum atomic E-state index is 9.14. The monoisotopic (exact) mass is 226 g/mol. The molecule has 3 heteroatoms. The van der Waals surface area contributed by atoms with Gasteiger partial charge in [-0.25, -0.2) is 0 Å². The number of phenolic OH excluding ortho intramolecular Hbond substituents is 1. The number of aromatic hydroxyl groups is 1. The van der Waals surface area contributed by atoms with Gasteiger partial charge in [0.15, 0.2) is 0 Å². The number of phenols is 1. The van der Waals surface area contributed by atoms with Crippen molar-refractivity contribution in [2.45, 2.75) is 13.5 Å². The van der Waals surface area contributed by atoms with Crippen LogP contribution in [0.3, 0.4) is 0 Å². The summed E-state index contributed by atoms with van der Waals surface area (Å²) in [5, 5.41) is 17.5. The Hall–Kier alpha value is -2.16. The first-order valence-electron chi connectivity index (χ1n) is 5.47. The van der Waals surface area contributed by atoms with Gasteiger partial charge >= 0.3 is 0 Å². The summed E-state index contributed by atoms with van der Waals surface area (Å²) in [4.78, 5) is 0. The molecule has 0 aromatic heterocycles. The molecule has 0 atom stereocenters. The fourth-order valence-corrected chi connectivity index (χ4v) is 1.47. The van der Waals surface area contributed by atoms with E-state index >= 15 is 0 Å². The molecule has 0 fully saturated rings. The second-order valence-corrected chi connectivity index (χ2v) is 3.85. The summed E-state index contributed by atoms with van der Waals surface area (Å²) in [7, 11) is 0. The Labute approximate surface area is 100 Å². The minimum atomic E-state index is 0.268. The van der Waals surface area contributed by atoms with Crippen LogP contribution >= 0.6 is 0 Å². The van der Waals surface area contributed by atoms with Gasteiger partial charge in [-0.3, -0.25) is 0 Å². The molecule has 0 aliphatic heterocycles. The topological polar surface area (TPSA) is 45.0 Å². The lowest BCUT2D eigenvalue weighted by Gasteiger charge is -1.98. The highest BCUT2D eigenvalue weighted by Gasteiger charge is 1.94. The highest BCUT2D eigenvalue weighted by molar-refractivity contribution is 5.43. The Morgan fingerprint density at radius 1 is 1.00 bits per heavy atom. The standard InChI is InChI=1S/C14H14N2O/c1-11-4-2-3-5-14(11)16-15-10-12-6-8-13(17)9-7-12/h2-9,17H,10H2,1H3. The van der Waals surface area contributed by atoms with Crippen LogP contribution < -0.4 is 0 Å². The van der Waals surface area contributed by atoms with Gasteiger partial charge in [-0.05, 0) is 36.2 Å². The van der Waals surface area contributed by atoms with Crippen LogP contribution in [-0.4, -0.2) is 5.11 Å². The van der Waals surface area contributed by atoms with E-state index in [0.29, 0.717) is 6.54 Å². The summed E-state index contributed by atoms with van der Waals surface area (Å²) in [5.74, 6) is 0.268. The summed E-state index contributed by atoms with van der Waals surface area (Å²) in [6.45, 7) is 2.53. The first kappa shape index (κ1) is 11.3. The number of hydrogen-bond donors (Lipinski definition) is 1. The lowest BCUT2D eigenvalue weighted by Crippen LogP contribution is -1.79. The number of azo groups is 1. The van der Waals surface area contributed by atoms with Gasteiger partial charge in [0.2, 0.25) is 0 Å². The second-order valence-electron chi connectivity index (χ2n) is 3.85. The van der Waals surface area contributed by atoms with E-state index in [1.807, 2.05) is 43.3 Å². The molecule has 17 heavy (non-hydrogen) atoms. The average Bonchev–Trinajstić information content (AvgIpc) is 2.34. The van der Waals surface area contributed by atoms with E-state index in [1.54, 1.807) is 12.1 Å². The van der Waals surface area contributed by atoms with Crippen molar-refractivity contribution in [2.75, 3.05) is 0 Å². The van der Waals surface area contributed by atoms with Crippen LogP contribution in [0.4, 0.5) is 5.69 Å². The Kier molecular flexibility index (Phi) is 3.50. The molecule has 86 valence electrons.